The summed E-state index contributed by atoms with van der Waals surface area (Å²) in [4.78, 5) is 47.5. The Bertz CT molecular complexity index is 1070. The van der Waals surface area contributed by atoms with E-state index in [1.165, 1.54) is 16.2 Å². The van der Waals surface area contributed by atoms with Crippen LogP contribution >= 0.6 is 11.3 Å². The van der Waals surface area contributed by atoms with Crippen molar-refractivity contribution in [2.45, 2.75) is 45.2 Å². The molecule has 30 heavy (non-hydrogen) atoms. The number of nitrogens with zero attached hydrogens (tertiary/aromatic N) is 3. The summed E-state index contributed by atoms with van der Waals surface area (Å²) in [6.07, 6.45) is 6.36. The number of carbonyl (C=O) groups is 3. The monoisotopic (exact) mass is 426 g/mol. The van der Waals surface area contributed by atoms with Gasteiger partial charge in [0.1, 0.15) is 6.04 Å². The summed E-state index contributed by atoms with van der Waals surface area (Å²) in [5.74, 6) is -1.29. The zero-order valence-corrected chi connectivity index (χ0v) is 17.5. The summed E-state index contributed by atoms with van der Waals surface area (Å²) in [5.41, 5.74) is 6.69. The summed E-state index contributed by atoms with van der Waals surface area (Å²) in [6.45, 7) is 3.73. The molecular weight excluding hydrogens is 404 g/mol. The van der Waals surface area contributed by atoms with Gasteiger partial charge < -0.3 is 15.7 Å². The number of carboxylic acids is 1. The molecule has 8 nitrogen and oxygen atoms in total. The number of thiazole rings is 1. The number of nitrogens with two attached hydrogens (primary N) is 1. The number of β-lactam (4-membered cyclic amide) rings is 1. The lowest BCUT2D eigenvalue weighted by atomic mass is 9.83. The van der Waals surface area contributed by atoms with Crippen LogP contribution in [0, 0.1) is 5.41 Å². The number of carbonyl (C=O) groups excluding carboxylic acids is 2. The van der Waals surface area contributed by atoms with Crippen molar-refractivity contribution in [2.75, 3.05) is 5.73 Å². The van der Waals surface area contributed by atoms with E-state index in [0.29, 0.717) is 41.2 Å². The van der Waals surface area contributed by atoms with Crippen molar-refractivity contribution in [2.24, 2.45) is 5.41 Å². The summed E-state index contributed by atoms with van der Waals surface area (Å²) in [5, 5.41) is 10.0. The molecule has 1 amide bonds. The number of fused-ring (bicyclic) bond motifs is 1. The molecule has 2 aliphatic heterocycles. The van der Waals surface area contributed by atoms with Crippen LogP contribution in [0.5, 0.6) is 0 Å². The highest BCUT2D eigenvalue weighted by Gasteiger charge is 2.60. The highest BCUT2D eigenvalue weighted by molar-refractivity contribution is 7.15. The van der Waals surface area contributed by atoms with Gasteiger partial charge in [0, 0.05) is 34.8 Å². The number of ketones is 1. The average Bonchev–Trinajstić information content (AvgIpc) is 3.22. The minimum absolute atomic E-state index is 0.0291. The third kappa shape index (κ3) is 3.49. The first-order valence-corrected chi connectivity index (χ1v) is 10.5. The molecule has 2 aromatic heterocycles. The van der Waals surface area contributed by atoms with Crippen molar-refractivity contribution in [3.05, 3.63) is 46.2 Å². The number of aromatic nitrogens is 2. The SMILES string of the molecule is CC1(C)CC2/C(=C\c3cc(C(=O)CCc4cnc(N)s4)ccn3)C(=O)N2[C@H]1C(=O)O. The molecule has 0 spiro atoms. The molecule has 3 N–H and O–H groups in total. The van der Waals surface area contributed by atoms with E-state index in [1.54, 1.807) is 30.6 Å². The quantitative estimate of drug-likeness (QED) is 0.412. The molecule has 2 aromatic rings. The fraction of sp³-hybridized carbons (Fsp3) is 0.381. The summed E-state index contributed by atoms with van der Waals surface area (Å²) < 4.78 is 0. The van der Waals surface area contributed by atoms with Gasteiger partial charge in [-0.2, -0.15) is 0 Å². The predicted octanol–water partition coefficient (Wildman–Crippen LogP) is 2.41. The fourth-order valence-electron chi connectivity index (χ4n) is 4.30. The van der Waals surface area contributed by atoms with Gasteiger partial charge in [-0.25, -0.2) is 9.78 Å². The van der Waals surface area contributed by atoms with E-state index in [9.17, 15) is 19.5 Å². The Kier molecular flexibility index (Phi) is 4.93. The van der Waals surface area contributed by atoms with Crippen molar-refractivity contribution in [3.8, 4) is 0 Å². The minimum atomic E-state index is -0.983. The molecule has 1 unspecified atom stereocenters. The Hall–Kier alpha value is -3.07. The third-order valence-electron chi connectivity index (χ3n) is 5.72. The summed E-state index contributed by atoms with van der Waals surface area (Å²) in [7, 11) is 0. The maximum Gasteiger partial charge on any atom is 0.327 e. The highest BCUT2D eigenvalue weighted by atomic mass is 32.1. The Morgan fingerprint density at radius 2 is 2.17 bits per heavy atom. The number of carboxylic acid groups (broad SMARTS) is 1. The van der Waals surface area contributed by atoms with E-state index in [0.717, 1.165) is 4.88 Å². The molecule has 9 heteroatoms. The van der Waals surface area contributed by atoms with E-state index >= 15 is 0 Å². The molecule has 0 aromatic carbocycles. The molecule has 2 fully saturated rings. The zero-order valence-electron chi connectivity index (χ0n) is 16.7. The van der Waals surface area contributed by atoms with Crippen LogP contribution in [-0.2, 0) is 16.0 Å². The van der Waals surface area contributed by atoms with Crippen molar-refractivity contribution in [1.29, 1.82) is 0 Å². The van der Waals surface area contributed by atoms with Crippen molar-refractivity contribution in [3.63, 3.8) is 0 Å². The van der Waals surface area contributed by atoms with Gasteiger partial charge in [0.25, 0.3) is 5.91 Å². The van der Waals surface area contributed by atoms with Crippen LogP contribution in [-0.4, -0.2) is 49.7 Å². The van der Waals surface area contributed by atoms with Gasteiger partial charge in [0.2, 0.25) is 0 Å². The Morgan fingerprint density at radius 3 is 2.83 bits per heavy atom. The Labute approximate surface area is 177 Å². The number of hydrogen-bond acceptors (Lipinski definition) is 7. The average molecular weight is 426 g/mol. The van der Waals surface area contributed by atoms with E-state index in [-0.39, 0.29) is 17.7 Å². The number of Topliss-reactive ketones (excluding diaryl/α,β-unsaturated/α-hetero) is 1. The van der Waals surface area contributed by atoms with Gasteiger partial charge in [0.05, 0.1) is 11.7 Å². The number of nitrogen functional groups attached to an aromatic ring is 1. The van der Waals surface area contributed by atoms with Gasteiger partial charge in [-0.15, -0.1) is 11.3 Å². The van der Waals surface area contributed by atoms with Crippen LogP contribution in [0.15, 0.2) is 30.1 Å². The highest BCUT2D eigenvalue weighted by Crippen LogP contribution is 2.49. The van der Waals surface area contributed by atoms with E-state index in [2.05, 4.69) is 9.97 Å². The molecule has 0 aliphatic carbocycles. The number of rotatable bonds is 6. The molecule has 0 saturated carbocycles. The second-order valence-electron chi connectivity index (χ2n) is 8.32. The molecule has 2 aliphatic rings. The maximum absolute atomic E-state index is 12.6. The number of amides is 1. The van der Waals surface area contributed by atoms with E-state index in [4.69, 9.17) is 5.73 Å². The first kappa shape index (κ1) is 20.2. The summed E-state index contributed by atoms with van der Waals surface area (Å²) >= 11 is 1.37. The summed E-state index contributed by atoms with van der Waals surface area (Å²) in [6, 6.07) is 2.26. The van der Waals surface area contributed by atoms with Crippen molar-refractivity contribution in [1.82, 2.24) is 14.9 Å². The van der Waals surface area contributed by atoms with Crippen LogP contribution in [0.4, 0.5) is 5.13 Å². The zero-order chi connectivity index (χ0) is 21.6. The second-order valence-corrected chi connectivity index (χ2v) is 9.47. The fourth-order valence-corrected chi connectivity index (χ4v) is 4.98. The largest absolute Gasteiger partial charge is 0.480 e. The molecule has 156 valence electrons. The standard InChI is InChI=1S/C21H22N4O4S/c1-21(2)9-15-14(18(27)25(15)17(21)19(28)29)8-12-7-11(5-6-23-12)16(26)4-3-13-10-24-20(22)30-13/h5-8,10,15,17H,3-4,9H2,1-2H3,(H2,22,24)(H,28,29)/b14-8+/t15?,17-/m0/s1. The molecule has 4 heterocycles. The van der Waals surface area contributed by atoms with Crippen LogP contribution in [0.1, 0.15) is 47.6 Å². The van der Waals surface area contributed by atoms with E-state index < -0.39 is 17.4 Å². The molecule has 0 radical (unpaired) electrons. The second kappa shape index (κ2) is 7.32. The van der Waals surface area contributed by atoms with Gasteiger partial charge in [-0.3, -0.25) is 14.6 Å². The van der Waals surface area contributed by atoms with E-state index in [1.807, 2.05) is 13.8 Å². The molecule has 2 saturated heterocycles. The molecule has 4 rings (SSSR count). The van der Waals surface area contributed by atoms with Gasteiger partial charge in [-0.1, -0.05) is 13.8 Å². The first-order valence-electron chi connectivity index (χ1n) is 9.64. The first-order chi connectivity index (χ1) is 14.2. The van der Waals surface area contributed by atoms with Crippen LogP contribution in [0.2, 0.25) is 0 Å². The number of anilines is 1. The molecular formula is C21H22N4O4S. The predicted molar refractivity (Wildman–Crippen MR) is 112 cm³/mol. The number of pyridine rings is 1. The number of aryl methyl sites for hydroxylation is 1. The van der Waals surface area contributed by atoms with Crippen LogP contribution in [0.25, 0.3) is 6.08 Å². The van der Waals surface area contributed by atoms with Gasteiger partial charge >= 0.3 is 5.97 Å². The lowest BCUT2D eigenvalue weighted by Gasteiger charge is -2.40. The molecule has 0 bridgehead atoms. The Balaban J connectivity index is 1.49. The lowest BCUT2D eigenvalue weighted by Crippen LogP contribution is -2.57. The van der Waals surface area contributed by atoms with Gasteiger partial charge in [-0.05, 0) is 36.5 Å². The maximum atomic E-state index is 12.6. The molecule has 2 atom stereocenters. The topological polar surface area (TPSA) is 126 Å². The van der Waals surface area contributed by atoms with Crippen molar-refractivity contribution < 1.29 is 19.5 Å². The minimum Gasteiger partial charge on any atom is -0.480 e. The van der Waals surface area contributed by atoms with Crippen LogP contribution < -0.4 is 5.73 Å². The third-order valence-corrected chi connectivity index (χ3v) is 6.61. The van der Waals surface area contributed by atoms with Crippen LogP contribution in [0.3, 0.4) is 0 Å². The smallest absolute Gasteiger partial charge is 0.327 e. The van der Waals surface area contributed by atoms with Gasteiger partial charge in [0.15, 0.2) is 10.9 Å². The Morgan fingerprint density at radius 1 is 1.40 bits per heavy atom. The van der Waals surface area contributed by atoms with Crippen molar-refractivity contribution >= 4 is 40.2 Å². The number of aliphatic carboxylic acids is 1. The lowest BCUT2D eigenvalue weighted by molar-refractivity contribution is -0.154. The number of hydrogen-bond donors (Lipinski definition) is 2. The normalized spacial score (nSPS) is 23.3.